The topological polar surface area (TPSA) is 15.7 Å². The lowest BCUT2D eigenvalue weighted by atomic mass is 10.2. The minimum Gasteiger partial charge on any atom is -0.353 e. The summed E-state index contributed by atoms with van der Waals surface area (Å²) in [5.74, 6) is 0. The molecule has 2 atom stereocenters. The molecule has 0 N–H and O–H groups in total. The van der Waals surface area contributed by atoms with Crippen LogP contribution in [0.3, 0.4) is 0 Å². The summed E-state index contributed by atoms with van der Waals surface area (Å²) in [6, 6.07) is 0. The van der Waals surface area contributed by atoms with Crippen molar-refractivity contribution in [2.24, 2.45) is 0 Å². The number of ether oxygens (including phenoxy) is 1. The van der Waals surface area contributed by atoms with Gasteiger partial charge in [0.1, 0.15) is 5.72 Å². The minimum absolute atomic E-state index is 0.0162. The molecule has 0 radical (unpaired) electrons. The molecular formula is C8H16N2O. The highest BCUT2D eigenvalue weighted by Crippen LogP contribution is 2.30. The third-order valence-electron chi connectivity index (χ3n) is 2.78. The summed E-state index contributed by atoms with van der Waals surface area (Å²) in [5.41, 5.74) is -0.0162. The highest BCUT2D eigenvalue weighted by atomic mass is 16.5. The van der Waals surface area contributed by atoms with E-state index in [4.69, 9.17) is 4.74 Å². The van der Waals surface area contributed by atoms with Crippen molar-refractivity contribution in [2.45, 2.75) is 18.8 Å². The van der Waals surface area contributed by atoms with E-state index < -0.39 is 0 Å². The van der Waals surface area contributed by atoms with E-state index >= 15 is 0 Å². The first-order chi connectivity index (χ1) is 5.10. The zero-order valence-corrected chi connectivity index (χ0v) is 7.50. The van der Waals surface area contributed by atoms with Gasteiger partial charge in [0.05, 0.1) is 6.10 Å². The van der Waals surface area contributed by atoms with Gasteiger partial charge >= 0.3 is 0 Å². The number of likely N-dealkylation sites (N-methyl/N-ethyl adjacent to an activating group) is 2. The Morgan fingerprint density at radius 3 is 2.73 bits per heavy atom. The first kappa shape index (κ1) is 7.53. The number of rotatable bonds is 0. The van der Waals surface area contributed by atoms with E-state index in [1.54, 1.807) is 0 Å². The lowest BCUT2D eigenvalue weighted by Gasteiger charge is -2.38. The second-order valence-electron chi connectivity index (χ2n) is 3.99. The van der Waals surface area contributed by atoms with E-state index in [0.29, 0.717) is 6.10 Å². The standard InChI is InChI=1S/C8H16N2O/c1-8-6-9(2)4-7(11-8)5-10(8)3/h7H,4-6H2,1-3H3/t7-,8?/m0/s1. The maximum atomic E-state index is 5.85. The predicted molar refractivity (Wildman–Crippen MR) is 43.4 cm³/mol. The van der Waals surface area contributed by atoms with E-state index in [9.17, 15) is 0 Å². The molecule has 2 rings (SSSR count). The minimum atomic E-state index is -0.0162. The van der Waals surface area contributed by atoms with Crippen LogP contribution in [0.5, 0.6) is 0 Å². The van der Waals surface area contributed by atoms with Gasteiger partial charge in [-0.15, -0.1) is 0 Å². The summed E-state index contributed by atoms with van der Waals surface area (Å²) in [4.78, 5) is 4.65. The zero-order chi connectivity index (χ0) is 8.06. The molecule has 0 spiro atoms. The summed E-state index contributed by atoms with van der Waals surface area (Å²) in [7, 11) is 4.30. The molecule has 2 fully saturated rings. The Morgan fingerprint density at radius 1 is 1.36 bits per heavy atom. The molecule has 0 saturated carbocycles. The van der Waals surface area contributed by atoms with Crippen molar-refractivity contribution in [3.8, 4) is 0 Å². The molecule has 1 unspecified atom stereocenters. The van der Waals surface area contributed by atoms with Gasteiger partial charge < -0.3 is 4.74 Å². The van der Waals surface area contributed by atoms with Crippen molar-refractivity contribution in [1.82, 2.24) is 9.80 Å². The van der Waals surface area contributed by atoms with Crippen LogP contribution in [0.4, 0.5) is 0 Å². The SMILES string of the molecule is CN1C[C@H]2CN(C)C(C)(C1)O2. The number of hydrogen-bond acceptors (Lipinski definition) is 3. The lowest BCUT2D eigenvalue weighted by Crippen LogP contribution is -2.51. The summed E-state index contributed by atoms with van der Waals surface area (Å²) in [6.45, 7) is 5.36. The number of hydrogen-bond donors (Lipinski definition) is 0. The van der Waals surface area contributed by atoms with Gasteiger partial charge in [0.2, 0.25) is 0 Å². The van der Waals surface area contributed by atoms with Crippen LogP contribution in [-0.4, -0.2) is 55.4 Å². The third kappa shape index (κ3) is 1.08. The van der Waals surface area contributed by atoms with Gasteiger partial charge in [-0.2, -0.15) is 0 Å². The molecule has 2 heterocycles. The molecular weight excluding hydrogens is 140 g/mol. The average molecular weight is 156 g/mol. The van der Waals surface area contributed by atoms with Crippen LogP contribution in [0, 0.1) is 0 Å². The predicted octanol–water partition coefficient (Wildman–Crippen LogP) is -0.0214. The number of nitrogens with zero attached hydrogens (tertiary/aromatic N) is 2. The molecule has 0 aliphatic carbocycles. The van der Waals surface area contributed by atoms with Crippen LogP contribution in [0.25, 0.3) is 0 Å². The number of fused-ring (bicyclic) bond motifs is 2. The molecule has 0 aromatic carbocycles. The van der Waals surface area contributed by atoms with Crippen LogP contribution in [0.15, 0.2) is 0 Å². The van der Waals surface area contributed by atoms with Crippen LogP contribution >= 0.6 is 0 Å². The Labute approximate surface area is 67.9 Å². The average Bonchev–Trinajstić information content (AvgIpc) is 2.02. The molecule has 0 aromatic rings. The number of morpholine rings is 1. The lowest BCUT2D eigenvalue weighted by molar-refractivity contribution is -0.132. The Kier molecular flexibility index (Phi) is 1.50. The van der Waals surface area contributed by atoms with Gasteiger partial charge in [0.25, 0.3) is 0 Å². The van der Waals surface area contributed by atoms with Crippen molar-refractivity contribution in [1.29, 1.82) is 0 Å². The van der Waals surface area contributed by atoms with Crippen molar-refractivity contribution in [3.63, 3.8) is 0 Å². The normalized spacial score (nSPS) is 46.6. The first-order valence-corrected chi connectivity index (χ1v) is 4.18. The van der Waals surface area contributed by atoms with E-state index in [2.05, 4.69) is 30.8 Å². The zero-order valence-electron chi connectivity index (χ0n) is 7.50. The fourth-order valence-electron chi connectivity index (χ4n) is 2.15. The van der Waals surface area contributed by atoms with Gasteiger partial charge in [-0.1, -0.05) is 0 Å². The third-order valence-corrected chi connectivity index (χ3v) is 2.78. The second-order valence-corrected chi connectivity index (χ2v) is 3.99. The van der Waals surface area contributed by atoms with Gasteiger partial charge in [-0.3, -0.25) is 9.80 Å². The van der Waals surface area contributed by atoms with E-state index in [1.807, 2.05) is 0 Å². The van der Waals surface area contributed by atoms with Gasteiger partial charge in [0.15, 0.2) is 0 Å². The summed E-state index contributed by atoms with van der Waals surface area (Å²) in [6.07, 6.45) is 0.434. The highest BCUT2D eigenvalue weighted by Gasteiger charge is 2.45. The molecule has 2 saturated heterocycles. The van der Waals surface area contributed by atoms with Crippen molar-refractivity contribution < 1.29 is 4.74 Å². The Hall–Kier alpha value is -0.120. The molecule has 2 bridgehead atoms. The van der Waals surface area contributed by atoms with Crippen LogP contribution in [0.2, 0.25) is 0 Å². The maximum absolute atomic E-state index is 5.85. The van der Waals surface area contributed by atoms with Gasteiger partial charge in [-0.05, 0) is 21.0 Å². The van der Waals surface area contributed by atoms with Gasteiger partial charge in [0, 0.05) is 19.6 Å². The molecule has 0 aromatic heterocycles. The van der Waals surface area contributed by atoms with E-state index in [1.165, 1.54) is 0 Å². The van der Waals surface area contributed by atoms with Crippen molar-refractivity contribution in [3.05, 3.63) is 0 Å². The van der Waals surface area contributed by atoms with Crippen molar-refractivity contribution in [2.75, 3.05) is 33.7 Å². The highest BCUT2D eigenvalue weighted by molar-refractivity contribution is 4.93. The first-order valence-electron chi connectivity index (χ1n) is 4.18. The molecule has 2 aliphatic heterocycles. The van der Waals surface area contributed by atoms with E-state index in [-0.39, 0.29) is 5.72 Å². The van der Waals surface area contributed by atoms with Crippen molar-refractivity contribution >= 4 is 0 Å². The summed E-state index contributed by atoms with van der Waals surface area (Å²) < 4.78 is 5.85. The molecule has 3 nitrogen and oxygen atoms in total. The van der Waals surface area contributed by atoms with Crippen LogP contribution in [0.1, 0.15) is 6.92 Å². The molecule has 2 aliphatic rings. The summed E-state index contributed by atoms with van der Waals surface area (Å²) >= 11 is 0. The Bertz CT molecular complexity index is 173. The smallest absolute Gasteiger partial charge is 0.131 e. The fraction of sp³-hybridized carbons (Fsp3) is 1.00. The Morgan fingerprint density at radius 2 is 2.09 bits per heavy atom. The van der Waals surface area contributed by atoms with E-state index in [0.717, 1.165) is 19.6 Å². The van der Waals surface area contributed by atoms with Gasteiger partial charge in [-0.25, -0.2) is 0 Å². The Balaban J connectivity index is 2.18. The maximum Gasteiger partial charge on any atom is 0.131 e. The molecule has 0 amide bonds. The molecule has 64 valence electrons. The summed E-state index contributed by atoms with van der Waals surface area (Å²) in [5, 5.41) is 0. The second kappa shape index (κ2) is 2.19. The monoisotopic (exact) mass is 156 g/mol. The van der Waals surface area contributed by atoms with Crippen LogP contribution in [-0.2, 0) is 4.74 Å². The molecule has 3 heteroatoms. The molecule has 11 heavy (non-hydrogen) atoms. The van der Waals surface area contributed by atoms with Crippen LogP contribution < -0.4 is 0 Å². The fourth-order valence-corrected chi connectivity index (χ4v) is 2.15. The quantitative estimate of drug-likeness (QED) is 0.490. The largest absolute Gasteiger partial charge is 0.353 e.